The van der Waals surface area contributed by atoms with Crippen molar-refractivity contribution in [2.75, 3.05) is 0 Å². The van der Waals surface area contributed by atoms with Gasteiger partial charge in [-0.2, -0.15) is 4.40 Å². The quantitative estimate of drug-likeness (QED) is 0.186. The van der Waals surface area contributed by atoms with Gasteiger partial charge in [0.2, 0.25) is 5.82 Å². The molecule has 1 aliphatic heterocycles. The van der Waals surface area contributed by atoms with Crippen LogP contribution in [0.2, 0.25) is 0 Å². The second-order valence-electron chi connectivity index (χ2n) is 12.3. The summed E-state index contributed by atoms with van der Waals surface area (Å²) in [7, 11) is 0. The predicted octanol–water partition coefficient (Wildman–Crippen LogP) is 9.41. The van der Waals surface area contributed by atoms with Crippen molar-refractivity contribution in [1.82, 2.24) is 9.38 Å². The van der Waals surface area contributed by atoms with Crippen LogP contribution in [0.5, 0.6) is 0 Å². The molecular formula is C38H40N3+. The van der Waals surface area contributed by atoms with Crippen molar-refractivity contribution in [3.63, 3.8) is 0 Å². The van der Waals surface area contributed by atoms with Crippen molar-refractivity contribution in [1.29, 1.82) is 0 Å². The molecular weight excluding hydrogens is 498 g/mol. The molecule has 4 aromatic carbocycles. The van der Waals surface area contributed by atoms with Crippen LogP contribution in [0.1, 0.15) is 71.4 Å². The van der Waals surface area contributed by atoms with Crippen LogP contribution < -0.4 is 4.57 Å². The summed E-state index contributed by atoms with van der Waals surface area (Å²) in [6.45, 7) is 11.9. The molecule has 2 aromatic heterocycles. The van der Waals surface area contributed by atoms with E-state index in [1.54, 1.807) is 0 Å². The summed E-state index contributed by atoms with van der Waals surface area (Å²) in [5, 5.41) is 1.29. The molecule has 2 unspecified atom stereocenters. The van der Waals surface area contributed by atoms with E-state index in [4.69, 9.17) is 4.98 Å². The molecule has 0 fully saturated rings. The highest BCUT2D eigenvalue weighted by molar-refractivity contribution is 6.00. The minimum atomic E-state index is -0.0941. The Morgan fingerprint density at radius 3 is 2.32 bits per heavy atom. The Bertz CT molecular complexity index is 1950. The first-order valence-corrected chi connectivity index (χ1v) is 15.4. The van der Waals surface area contributed by atoms with Crippen LogP contribution in [0.4, 0.5) is 0 Å². The molecule has 0 N–H and O–H groups in total. The van der Waals surface area contributed by atoms with Gasteiger partial charge in [0, 0.05) is 11.0 Å². The van der Waals surface area contributed by atoms with Crippen LogP contribution in [0.3, 0.4) is 0 Å². The molecule has 3 nitrogen and oxygen atoms in total. The summed E-state index contributed by atoms with van der Waals surface area (Å²) in [5.74, 6) is 1.01. The third-order valence-corrected chi connectivity index (χ3v) is 10.4. The fraction of sp³-hybridized carbons (Fsp3) is 0.316. The zero-order chi connectivity index (χ0) is 28.4. The number of hydrogen-bond acceptors (Lipinski definition) is 1. The second-order valence-corrected chi connectivity index (χ2v) is 12.3. The van der Waals surface area contributed by atoms with Crippen molar-refractivity contribution < 1.29 is 4.57 Å². The zero-order valence-electron chi connectivity index (χ0n) is 25.0. The second kappa shape index (κ2) is 9.55. The molecule has 3 heteroatoms. The third-order valence-electron chi connectivity index (χ3n) is 10.4. The first kappa shape index (κ1) is 26.0. The van der Waals surface area contributed by atoms with E-state index in [9.17, 15) is 0 Å². The monoisotopic (exact) mass is 538 g/mol. The van der Waals surface area contributed by atoms with Gasteiger partial charge in [-0.05, 0) is 79.1 Å². The summed E-state index contributed by atoms with van der Waals surface area (Å²) in [5.41, 5.74) is 11.2. The molecule has 0 aliphatic carbocycles. The van der Waals surface area contributed by atoms with Gasteiger partial charge in [-0.15, -0.1) is 0 Å². The molecule has 7 rings (SSSR count). The molecule has 6 aromatic rings. The number of unbranched alkanes of at least 4 members (excludes halogenated alkanes) is 1. The van der Waals surface area contributed by atoms with E-state index in [0.29, 0.717) is 0 Å². The average Bonchev–Trinajstić information content (AvgIpc) is 3.38. The number of para-hydroxylation sites is 2. The first-order chi connectivity index (χ1) is 20.0. The van der Waals surface area contributed by atoms with E-state index in [1.807, 2.05) is 0 Å². The fourth-order valence-corrected chi connectivity index (χ4v) is 7.64. The van der Waals surface area contributed by atoms with E-state index in [1.165, 1.54) is 62.7 Å². The summed E-state index contributed by atoms with van der Waals surface area (Å²) in [4.78, 5) is 5.51. The van der Waals surface area contributed by atoms with E-state index < -0.39 is 0 Å². The van der Waals surface area contributed by atoms with Crippen molar-refractivity contribution >= 4 is 27.6 Å². The van der Waals surface area contributed by atoms with Crippen LogP contribution in [-0.4, -0.2) is 9.38 Å². The lowest BCUT2D eigenvalue weighted by molar-refractivity contribution is -0.728. The van der Waals surface area contributed by atoms with E-state index in [0.717, 1.165) is 30.6 Å². The van der Waals surface area contributed by atoms with Crippen molar-refractivity contribution in [3.05, 3.63) is 102 Å². The Morgan fingerprint density at radius 1 is 0.780 bits per heavy atom. The molecule has 1 aliphatic rings. The van der Waals surface area contributed by atoms with Gasteiger partial charge in [0.05, 0.1) is 10.9 Å². The highest BCUT2D eigenvalue weighted by Gasteiger charge is 2.55. The minimum Gasteiger partial charge on any atom is -0.216 e. The Balaban J connectivity index is 1.62. The average molecular weight is 539 g/mol. The molecule has 0 saturated heterocycles. The maximum Gasteiger partial charge on any atom is 0.299 e. The number of hydrogen-bond donors (Lipinski definition) is 0. The van der Waals surface area contributed by atoms with Crippen LogP contribution >= 0.6 is 0 Å². The fourth-order valence-electron chi connectivity index (χ4n) is 7.64. The molecule has 0 amide bonds. The molecule has 206 valence electrons. The third kappa shape index (κ3) is 3.51. The number of aryl methyl sites for hydroxylation is 1. The summed E-state index contributed by atoms with van der Waals surface area (Å²) < 4.78 is 5.13. The van der Waals surface area contributed by atoms with E-state index >= 15 is 0 Å². The van der Waals surface area contributed by atoms with Crippen molar-refractivity contribution in [2.45, 2.75) is 77.7 Å². The molecule has 0 spiro atoms. The van der Waals surface area contributed by atoms with E-state index in [2.05, 4.69) is 135 Å². The number of benzene rings is 4. The largest absolute Gasteiger partial charge is 0.299 e. The highest BCUT2D eigenvalue weighted by atomic mass is 15.2. The van der Waals surface area contributed by atoms with Gasteiger partial charge in [0.25, 0.3) is 5.65 Å². The summed E-state index contributed by atoms with van der Waals surface area (Å²) >= 11 is 0. The molecule has 3 heterocycles. The number of nitrogens with zero attached hydrogens (tertiary/aromatic N) is 3. The maximum absolute atomic E-state index is 5.51. The van der Waals surface area contributed by atoms with Gasteiger partial charge in [0.1, 0.15) is 5.54 Å². The lowest BCUT2D eigenvalue weighted by atomic mass is 9.62. The normalized spacial score (nSPS) is 20.0. The first-order valence-electron chi connectivity index (χ1n) is 15.4. The van der Waals surface area contributed by atoms with Gasteiger partial charge in [-0.25, -0.2) is 9.55 Å². The lowest BCUT2D eigenvalue weighted by Crippen LogP contribution is -2.66. The summed E-state index contributed by atoms with van der Waals surface area (Å²) in [6, 6.07) is 33.7. The number of fused-ring (bicyclic) bond motifs is 3. The Kier molecular flexibility index (Phi) is 6.04. The molecule has 0 saturated carbocycles. The SMILES string of the molecule is CCCCc1cccc(-c2ccccc2-c2nc3cccc4c3c3n2c2ccccc2[n+]3C(C)(CC)C4(C)CC)c1. The van der Waals surface area contributed by atoms with Crippen molar-refractivity contribution in [2.24, 2.45) is 0 Å². The Labute approximate surface area is 243 Å². The molecule has 0 bridgehead atoms. The molecule has 0 radical (unpaired) electrons. The van der Waals surface area contributed by atoms with Crippen LogP contribution in [-0.2, 0) is 17.4 Å². The Morgan fingerprint density at radius 2 is 1.54 bits per heavy atom. The number of imidazole rings is 1. The van der Waals surface area contributed by atoms with Gasteiger partial charge >= 0.3 is 0 Å². The minimum absolute atomic E-state index is 0.0242. The highest BCUT2D eigenvalue weighted by Crippen LogP contribution is 2.50. The lowest BCUT2D eigenvalue weighted by Gasteiger charge is -2.46. The van der Waals surface area contributed by atoms with Crippen LogP contribution in [0, 0.1) is 0 Å². The van der Waals surface area contributed by atoms with Gasteiger partial charge in [0.15, 0.2) is 11.0 Å². The zero-order valence-corrected chi connectivity index (χ0v) is 25.0. The smallest absolute Gasteiger partial charge is 0.216 e. The predicted molar refractivity (Wildman–Crippen MR) is 171 cm³/mol. The standard InChI is InChI=1S/C38H40N3/c1-6-9-16-26-17-14-18-27(25-26)28-19-10-11-20-29(28)35-39-31-22-15-21-30-34(31)36-40(35)32-23-12-13-24-33(32)41(36)38(5,8-3)37(30,4)7-2/h10-15,17-25H,6-9,16H2,1-5H3/q+1. The topological polar surface area (TPSA) is 21.2 Å². The van der Waals surface area contributed by atoms with Crippen LogP contribution in [0.25, 0.3) is 50.1 Å². The van der Waals surface area contributed by atoms with Gasteiger partial charge in [-0.3, -0.25) is 0 Å². The molecule has 41 heavy (non-hydrogen) atoms. The van der Waals surface area contributed by atoms with Crippen molar-refractivity contribution in [3.8, 4) is 22.5 Å². The molecule has 2 atom stereocenters. The van der Waals surface area contributed by atoms with Gasteiger partial charge in [-0.1, -0.05) is 101 Å². The summed E-state index contributed by atoms with van der Waals surface area (Å²) in [6.07, 6.45) is 5.63. The maximum atomic E-state index is 5.51. The number of rotatable bonds is 7. The van der Waals surface area contributed by atoms with Gasteiger partial charge < -0.3 is 0 Å². The van der Waals surface area contributed by atoms with E-state index in [-0.39, 0.29) is 11.0 Å². The number of aromatic nitrogens is 3. The van der Waals surface area contributed by atoms with Crippen LogP contribution in [0.15, 0.2) is 91.0 Å². The Hall–Kier alpha value is -3.98.